The summed E-state index contributed by atoms with van der Waals surface area (Å²) in [6.07, 6.45) is 6.51. The fourth-order valence-corrected chi connectivity index (χ4v) is 1.85. The monoisotopic (exact) mass is 233 g/mol. The van der Waals surface area contributed by atoms with Crippen molar-refractivity contribution in [1.82, 2.24) is 9.88 Å². The summed E-state index contributed by atoms with van der Waals surface area (Å²) in [5.41, 5.74) is 6.59. The lowest BCUT2D eigenvalue weighted by atomic mass is 10.2. The van der Waals surface area contributed by atoms with Gasteiger partial charge in [0.05, 0.1) is 0 Å². The Bertz CT molecular complexity index is 362. The van der Waals surface area contributed by atoms with Crippen molar-refractivity contribution in [3.05, 3.63) is 30.1 Å². The number of pyridine rings is 1. The van der Waals surface area contributed by atoms with E-state index in [9.17, 15) is 4.79 Å². The van der Waals surface area contributed by atoms with Crippen LogP contribution in [0.25, 0.3) is 0 Å². The molecule has 17 heavy (non-hydrogen) atoms. The Kier molecular flexibility index (Phi) is 4.09. The summed E-state index contributed by atoms with van der Waals surface area (Å²) in [5, 5.41) is 0. The molecule has 1 amide bonds. The van der Waals surface area contributed by atoms with Crippen molar-refractivity contribution < 1.29 is 4.79 Å². The minimum atomic E-state index is 0.268. The second-order valence-electron chi connectivity index (χ2n) is 4.54. The molecule has 0 aromatic carbocycles. The average Bonchev–Trinajstić information content (AvgIpc) is 3.19. The first-order valence-corrected chi connectivity index (χ1v) is 6.19. The van der Waals surface area contributed by atoms with Crippen molar-refractivity contribution in [3.63, 3.8) is 0 Å². The van der Waals surface area contributed by atoms with Gasteiger partial charge in [0.1, 0.15) is 0 Å². The van der Waals surface area contributed by atoms with Gasteiger partial charge in [-0.05, 0) is 37.4 Å². The van der Waals surface area contributed by atoms with E-state index in [1.165, 1.54) is 0 Å². The lowest BCUT2D eigenvalue weighted by Crippen LogP contribution is -2.33. The highest BCUT2D eigenvalue weighted by molar-refractivity contribution is 5.81. The van der Waals surface area contributed by atoms with Crippen LogP contribution in [0.1, 0.15) is 24.8 Å². The molecular formula is C13H19N3O. The molecule has 0 unspecified atom stereocenters. The number of nitrogens with zero attached hydrogens (tertiary/aromatic N) is 2. The molecule has 1 aromatic rings. The van der Waals surface area contributed by atoms with Crippen LogP contribution in [0.3, 0.4) is 0 Å². The number of nitrogens with two attached hydrogens (primary N) is 1. The van der Waals surface area contributed by atoms with Gasteiger partial charge in [0.2, 0.25) is 5.91 Å². The van der Waals surface area contributed by atoms with Crippen molar-refractivity contribution in [2.24, 2.45) is 11.7 Å². The van der Waals surface area contributed by atoms with Crippen molar-refractivity contribution in [3.8, 4) is 0 Å². The molecule has 0 aliphatic heterocycles. The first-order chi connectivity index (χ1) is 8.31. The van der Waals surface area contributed by atoms with E-state index in [0.717, 1.165) is 31.4 Å². The van der Waals surface area contributed by atoms with E-state index in [-0.39, 0.29) is 11.8 Å². The molecular weight excluding hydrogens is 214 g/mol. The van der Waals surface area contributed by atoms with Crippen LogP contribution in [0.2, 0.25) is 0 Å². The summed E-state index contributed by atoms with van der Waals surface area (Å²) >= 11 is 0. The zero-order valence-electron chi connectivity index (χ0n) is 10.0. The first-order valence-electron chi connectivity index (χ1n) is 6.19. The maximum atomic E-state index is 12.1. The zero-order chi connectivity index (χ0) is 12.1. The van der Waals surface area contributed by atoms with Gasteiger partial charge in [0.15, 0.2) is 0 Å². The smallest absolute Gasteiger partial charge is 0.225 e. The summed E-state index contributed by atoms with van der Waals surface area (Å²) in [7, 11) is 0. The Hall–Kier alpha value is -1.42. The third-order valence-electron chi connectivity index (χ3n) is 2.97. The van der Waals surface area contributed by atoms with E-state index in [1.807, 2.05) is 23.2 Å². The third-order valence-corrected chi connectivity index (χ3v) is 2.97. The van der Waals surface area contributed by atoms with E-state index in [2.05, 4.69) is 4.98 Å². The van der Waals surface area contributed by atoms with Crippen molar-refractivity contribution in [2.75, 3.05) is 13.1 Å². The number of rotatable bonds is 6. The topological polar surface area (TPSA) is 59.2 Å². The minimum Gasteiger partial charge on any atom is -0.338 e. The molecule has 1 aromatic heterocycles. The van der Waals surface area contributed by atoms with E-state index in [4.69, 9.17) is 5.73 Å². The SMILES string of the molecule is NCCCN(Cc1cccnc1)C(=O)C1CC1. The van der Waals surface area contributed by atoms with Crippen molar-refractivity contribution in [2.45, 2.75) is 25.8 Å². The fourth-order valence-electron chi connectivity index (χ4n) is 1.85. The maximum Gasteiger partial charge on any atom is 0.225 e. The van der Waals surface area contributed by atoms with Gasteiger partial charge >= 0.3 is 0 Å². The fraction of sp³-hybridized carbons (Fsp3) is 0.538. The van der Waals surface area contributed by atoms with Crippen LogP contribution in [-0.4, -0.2) is 28.9 Å². The van der Waals surface area contributed by atoms with E-state index >= 15 is 0 Å². The molecule has 2 N–H and O–H groups in total. The van der Waals surface area contributed by atoms with Crippen LogP contribution >= 0.6 is 0 Å². The maximum absolute atomic E-state index is 12.1. The molecule has 1 heterocycles. The van der Waals surface area contributed by atoms with Crippen LogP contribution in [0.4, 0.5) is 0 Å². The number of carbonyl (C=O) groups is 1. The third kappa shape index (κ3) is 3.53. The summed E-state index contributed by atoms with van der Waals surface area (Å²) in [5.74, 6) is 0.548. The van der Waals surface area contributed by atoms with Crippen molar-refractivity contribution in [1.29, 1.82) is 0 Å². The Balaban J connectivity index is 1.97. The molecule has 4 heteroatoms. The Morgan fingerprint density at radius 2 is 2.35 bits per heavy atom. The van der Waals surface area contributed by atoms with Gasteiger partial charge in [-0.15, -0.1) is 0 Å². The molecule has 0 bridgehead atoms. The number of amides is 1. The lowest BCUT2D eigenvalue weighted by molar-refractivity contribution is -0.133. The summed E-state index contributed by atoms with van der Waals surface area (Å²) < 4.78 is 0. The number of hydrogen-bond donors (Lipinski definition) is 1. The standard InChI is InChI=1S/C13H19N3O/c14-6-2-8-16(13(17)12-4-5-12)10-11-3-1-7-15-9-11/h1,3,7,9,12H,2,4-6,8,10,14H2. The van der Waals surface area contributed by atoms with E-state index < -0.39 is 0 Å². The quantitative estimate of drug-likeness (QED) is 0.802. The van der Waals surface area contributed by atoms with Crippen LogP contribution in [0, 0.1) is 5.92 Å². The molecule has 92 valence electrons. The van der Waals surface area contributed by atoms with Gasteiger partial charge in [-0.1, -0.05) is 6.07 Å². The Morgan fingerprint density at radius 1 is 1.53 bits per heavy atom. The van der Waals surface area contributed by atoms with Gasteiger partial charge in [-0.25, -0.2) is 0 Å². The van der Waals surface area contributed by atoms with Gasteiger partial charge < -0.3 is 10.6 Å². The average molecular weight is 233 g/mol. The molecule has 1 aliphatic carbocycles. The normalized spacial score (nSPS) is 14.6. The Morgan fingerprint density at radius 3 is 2.94 bits per heavy atom. The molecule has 0 radical (unpaired) electrons. The second kappa shape index (κ2) is 5.77. The number of carbonyl (C=O) groups excluding carboxylic acids is 1. The van der Waals surface area contributed by atoms with Gasteiger partial charge in [-0.2, -0.15) is 0 Å². The predicted octanol–water partition coefficient (Wildman–Crippen LogP) is 1.17. The van der Waals surface area contributed by atoms with Crippen LogP contribution in [0.15, 0.2) is 24.5 Å². The summed E-state index contributed by atoms with van der Waals surface area (Å²) in [4.78, 5) is 18.1. The number of aromatic nitrogens is 1. The van der Waals surface area contributed by atoms with Gasteiger partial charge in [-0.3, -0.25) is 9.78 Å². The molecule has 4 nitrogen and oxygen atoms in total. The van der Waals surface area contributed by atoms with Gasteiger partial charge in [0, 0.05) is 31.4 Å². The molecule has 0 spiro atoms. The first kappa shape index (κ1) is 12.0. The van der Waals surface area contributed by atoms with Crippen LogP contribution < -0.4 is 5.73 Å². The van der Waals surface area contributed by atoms with Crippen LogP contribution in [0.5, 0.6) is 0 Å². The highest BCUT2D eigenvalue weighted by Gasteiger charge is 2.33. The highest BCUT2D eigenvalue weighted by atomic mass is 16.2. The molecule has 1 saturated carbocycles. The number of hydrogen-bond acceptors (Lipinski definition) is 3. The lowest BCUT2D eigenvalue weighted by Gasteiger charge is -2.22. The van der Waals surface area contributed by atoms with Crippen molar-refractivity contribution >= 4 is 5.91 Å². The molecule has 2 rings (SSSR count). The molecule has 0 saturated heterocycles. The summed E-state index contributed by atoms with van der Waals surface area (Å²) in [6.45, 7) is 2.03. The van der Waals surface area contributed by atoms with E-state index in [1.54, 1.807) is 6.20 Å². The second-order valence-corrected chi connectivity index (χ2v) is 4.54. The van der Waals surface area contributed by atoms with Gasteiger partial charge in [0.25, 0.3) is 0 Å². The van der Waals surface area contributed by atoms with E-state index in [0.29, 0.717) is 13.1 Å². The van der Waals surface area contributed by atoms with Crippen LogP contribution in [-0.2, 0) is 11.3 Å². The molecule has 0 atom stereocenters. The minimum absolute atomic E-state index is 0.268. The Labute approximate surface area is 102 Å². The highest BCUT2D eigenvalue weighted by Crippen LogP contribution is 2.31. The predicted molar refractivity (Wildman–Crippen MR) is 66.0 cm³/mol. The molecule has 1 aliphatic rings. The molecule has 1 fully saturated rings. The summed E-state index contributed by atoms with van der Waals surface area (Å²) in [6, 6.07) is 3.90. The zero-order valence-corrected chi connectivity index (χ0v) is 10.0. The largest absolute Gasteiger partial charge is 0.338 e.